The Morgan fingerprint density at radius 3 is 2.24 bits per heavy atom. The Bertz CT molecular complexity index is 931. The summed E-state index contributed by atoms with van der Waals surface area (Å²) < 4.78 is 32.3. The molecule has 156 valence electrons. The third kappa shape index (κ3) is 7.16. The van der Waals surface area contributed by atoms with Crippen LogP contribution in [-0.4, -0.2) is 32.9 Å². The van der Waals surface area contributed by atoms with E-state index in [1.54, 1.807) is 56.3 Å². The van der Waals surface area contributed by atoms with Crippen LogP contribution in [0.1, 0.15) is 19.4 Å². The second-order valence-electron chi connectivity index (χ2n) is 6.67. The van der Waals surface area contributed by atoms with E-state index < -0.39 is 34.5 Å². The third-order valence-corrected chi connectivity index (χ3v) is 5.71. The molecule has 0 aliphatic rings. The molecule has 0 unspecified atom stereocenters. The van der Waals surface area contributed by atoms with E-state index >= 15 is 0 Å². The molecule has 0 fully saturated rings. The van der Waals surface area contributed by atoms with Gasteiger partial charge in [-0.3, -0.25) is 9.59 Å². The van der Waals surface area contributed by atoms with Gasteiger partial charge in [0.05, 0.1) is 4.90 Å². The zero-order valence-corrected chi connectivity index (χ0v) is 17.7. The average Bonchev–Trinajstić information content (AvgIpc) is 2.70. The summed E-state index contributed by atoms with van der Waals surface area (Å²) >= 11 is 5.81. The van der Waals surface area contributed by atoms with E-state index in [1.807, 2.05) is 0 Å². The van der Waals surface area contributed by atoms with Crippen LogP contribution in [0.2, 0.25) is 5.02 Å². The van der Waals surface area contributed by atoms with Crippen LogP contribution in [0.15, 0.2) is 59.5 Å². The molecule has 0 aliphatic carbocycles. The Morgan fingerprint density at radius 2 is 1.66 bits per heavy atom. The molecule has 7 nitrogen and oxygen atoms in total. The summed E-state index contributed by atoms with van der Waals surface area (Å²) in [4.78, 5) is 24.3. The SMILES string of the molecule is CC(C)[C@H](NS(=O)(=O)c1ccccc1)C(=O)OCC(=O)NCc1ccc(Cl)cc1. The first-order chi connectivity index (χ1) is 13.7. The molecule has 0 radical (unpaired) electrons. The standard InChI is InChI=1S/C20H23ClN2O5S/c1-14(2)19(23-29(26,27)17-6-4-3-5-7-17)20(25)28-13-18(24)22-12-15-8-10-16(21)11-9-15/h3-11,14,19,23H,12-13H2,1-2H3,(H,22,24)/t19-/m0/s1. The number of benzene rings is 2. The second kappa shape index (κ2) is 10.4. The molecule has 1 amide bonds. The maximum atomic E-state index is 12.5. The summed E-state index contributed by atoms with van der Waals surface area (Å²) in [5, 5.41) is 3.21. The van der Waals surface area contributed by atoms with E-state index in [1.165, 1.54) is 12.1 Å². The minimum atomic E-state index is -3.90. The van der Waals surface area contributed by atoms with Crippen LogP contribution in [0, 0.1) is 5.92 Å². The zero-order valence-electron chi connectivity index (χ0n) is 16.1. The third-order valence-electron chi connectivity index (χ3n) is 4.00. The van der Waals surface area contributed by atoms with Crippen LogP contribution in [-0.2, 0) is 30.9 Å². The molecule has 29 heavy (non-hydrogen) atoms. The Labute approximate surface area is 175 Å². The summed E-state index contributed by atoms with van der Waals surface area (Å²) in [5.74, 6) is -1.69. The Morgan fingerprint density at radius 1 is 1.03 bits per heavy atom. The van der Waals surface area contributed by atoms with Crippen molar-refractivity contribution in [1.29, 1.82) is 0 Å². The van der Waals surface area contributed by atoms with Crippen LogP contribution in [0.3, 0.4) is 0 Å². The highest BCUT2D eigenvalue weighted by atomic mass is 35.5. The number of esters is 1. The van der Waals surface area contributed by atoms with Crippen LogP contribution >= 0.6 is 11.6 Å². The summed E-state index contributed by atoms with van der Waals surface area (Å²) in [6.45, 7) is 3.10. The fourth-order valence-electron chi connectivity index (χ4n) is 2.37. The van der Waals surface area contributed by atoms with Gasteiger partial charge in [0, 0.05) is 11.6 Å². The van der Waals surface area contributed by atoms with Gasteiger partial charge in [0.15, 0.2) is 6.61 Å². The number of sulfonamides is 1. The summed E-state index contributed by atoms with van der Waals surface area (Å²) in [6.07, 6.45) is 0. The number of halogens is 1. The monoisotopic (exact) mass is 438 g/mol. The number of carbonyl (C=O) groups excluding carboxylic acids is 2. The largest absolute Gasteiger partial charge is 0.454 e. The van der Waals surface area contributed by atoms with E-state index in [9.17, 15) is 18.0 Å². The Hall–Kier alpha value is -2.42. The lowest BCUT2D eigenvalue weighted by Crippen LogP contribution is -2.46. The highest BCUT2D eigenvalue weighted by Gasteiger charge is 2.30. The molecule has 0 saturated carbocycles. The number of nitrogens with one attached hydrogen (secondary N) is 2. The first-order valence-electron chi connectivity index (χ1n) is 8.94. The number of hydrogen-bond donors (Lipinski definition) is 2. The average molecular weight is 439 g/mol. The molecule has 2 N–H and O–H groups in total. The van der Waals surface area contributed by atoms with E-state index in [2.05, 4.69) is 10.0 Å². The lowest BCUT2D eigenvalue weighted by atomic mass is 10.1. The molecule has 0 aromatic heterocycles. The molecule has 1 atom stereocenters. The van der Waals surface area contributed by atoms with Gasteiger partial charge >= 0.3 is 5.97 Å². The topological polar surface area (TPSA) is 102 Å². The molecule has 9 heteroatoms. The van der Waals surface area contributed by atoms with E-state index in [0.29, 0.717) is 5.02 Å². The fraction of sp³-hybridized carbons (Fsp3) is 0.300. The van der Waals surface area contributed by atoms with Crippen molar-refractivity contribution in [2.75, 3.05) is 6.61 Å². The summed E-state index contributed by atoms with van der Waals surface area (Å²) in [7, 11) is -3.90. The van der Waals surface area contributed by atoms with Crippen LogP contribution in [0.5, 0.6) is 0 Å². The maximum Gasteiger partial charge on any atom is 0.324 e. The summed E-state index contributed by atoms with van der Waals surface area (Å²) in [6, 6.07) is 13.5. The van der Waals surface area contributed by atoms with Gasteiger partial charge in [-0.05, 0) is 35.7 Å². The van der Waals surface area contributed by atoms with E-state index in [4.69, 9.17) is 16.3 Å². The molecule has 0 bridgehead atoms. The molecule has 2 aromatic rings. The van der Waals surface area contributed by atoms with Gasteiger partial charge in [0.1, 0.15) is 6.04 Å². The molecule has 0 heterocycles. The van der Waals surface area contributed by atoms with E-state index in [-0.39, 0.29) is 17.4 Å². The van der Waals surface area contributed by atoms with Crippen molar-refractivity contribution in [3.8, 4) is 0 Å². The number of carbonyl (C=O) groups is 2. The predicted molar refractivity (Wildman–Crippen MR) is 110 cm³/mol. The molecule has 2 aromatic carbocycles. The van der Waals surface area contributed by atoms with Gasteiger partial charge in [-0.1, -0.05) is 55.8 Å². The van der Waals surface area contributed by atoms with Gasteiger partial charge in [0.25, 0.3) is 5.91 Å². The van der Waals surface area contributed by atoms with Crippen molar-refractivity contribution < 1.29 is 22.7 Å². The highest BCUT2D eigenvalue weighted by molar-refractivity contribution is 7.89. The minimum absolute atomic E-state index is 0.0409. The van der Waals surface area contributed by atoms with Crippen molar-refractivity contribution in [2.45, 2.75) is 31.3 Å². The normalized spacial score (nSPS) is 12.4. The quantitative estimate of drug-likeness (QED) is 0.586. The van der Waals surface area contributed by atoms with Crippen molar-refractivity contribution in [1.82, 2.24) is 10.0 Å². The number of amides is 1. The zero-order chi connectivity index (χ0) is 21.4. The lowest BCUT2D eigenvalue weighted by molar-refractivity contribution is -0.151. The van der Waals surface area contributed by atoms with Gasteiger partial charge in [-0.25, -0.2) is 8.42 Å². The van der Waals surface area contributed by atoms with Crippen molar-refractivity contribution >= 4 is 33.5 Å². The Kier molecular flexibility index (Phi) is 8.19. The predicted octanol–water partition coefficient (Wildman–Crippen LogP) is 2.50. The smallest absolute Gasteiger partial charge is 0.324 e. The number of ether oxygens (including phenoxy) is 1. The molecule has 0 spiro atoms. The number of rotatable bonds is 9. The van der Waals surface area contributed by atoms with E-state index in [0.717, 1.165) is 5.56 Å². The van der Waals surface area contributed by atoms with Gasteiger partial charge in [-0.2, -0.15) is 4.72 Å². The first kappa shape index (κ1) is 22.9. The van der Waals surface area contributed by atoms with Crippen molar-refractivity contribution in [3.63, 3.8) is 0 Å². The lowest BCUT2D eigenvalue weighted by Gasteiger charge is -2.20. The van der Waals surface area contributed by atoms with Gasteiger partial charge in [-0.15, -0.1) is 0 Å². The second-order valence-corrected chi connectivity index (χ2v) is 8.82. The van der Waals surface area contributed by atoms with Crippen molar-refractivity contribution in [3.05, 3.63) is 65.2 Å². The minimum Gasteiger partial charge on any atom is -0.454 e. The van der Waals surface area contributed by atoms with Gasteiger partial charge in [0.2, 0.25) is 10.0 Å². The molecular weight excluding hydrogens is 416 g/mol. The van der Waals surface area contributed by atoms with Crippen LogP contribution in [0.25, 0.3) is 0 Å². The Balaban J connectivity index is 1.90. The van der Waals surface area contributed by atoms with Crippen molar-refractivity contribution in [2.24, 2.45) is 5.92 Å². The maximum absolute atomic E-state index is 12.5. The molecule has 0 aliphatic heterocycles. The van der Waals surface area contributed by atoms with Crippen LogP contribution < -0.4 is 10.0 Å². The summed E-state index contributed by atoms with van der Waals surface area (Å²) in [5.41, 5.74) is 0.838. The molecule has 0 saturated heterocycles. The highest BCUT2D eigenvalue weighted by Crippen LogP contribution is 2.12. The molecule has 2 rings (SSSR count). The fourth-order valence-corrected chi connectivity index (χ4v) is 3.85. The van der Waals surface area contributed by atoms with Crippen LogP contribution in [0.4, 0.5) is 0 Å². The molecular formula is C20H23ClN2O5S. The first-order valence-corrected chi connectivity index (χ1v) is 10.8. The number of hydrogen-bond acceptors (Lipinski definition) is 5. The van der Waals surface area contributed by atoms with Gasteiger partial charge < -0.3 is 10.1 Å².